The Kier molecular flexibility index (Phi) is 2.65. The quantitative estimate of drug-likeness (QED) is 0.429. The van der Waals surface area contributed by atoms with E-state index in [0.717, 1.165) is 19.3 Å². The fourth-order valence-corrected chi connectivity index (χ4v) is 1.43. The molecule has 0 aromatic heterocycles. The molecule has 1 fully saturated rings. The number of rotatable bonds is 1. The van der Waals surface area contributed by atoms with Gasteiger partial charge >= 0.3 is 0 Å². The lowest BCUT2D eigenvalue weighted by Crippen LogP contribution is -2.34. The van der Waals surface area contributed by atoms with Crippen LogP contribution in [0.25, 0.3) is 0 Å². The number of hydrogen-bond acceptors (Lipinski definition) is 3. The summed E-state index contributed by atoms with van der Waals surface area (Å²) in [5.74, 6) is 0.556. The summed E-state index contributed by atoms with van der Waals surface area (Å²) in [5.41, 5.74) is 0. The Hall–Kier alpha value is -0.120. The first kappa shape index (κ1) is 7.98. The van der Waals surface area contributed by atoms with Gasteiger partial charge in [0, 0.05) is 0 Å². The summed E-state index contributed by atoms with van der Waals surface area (Å²) in [6, 6.07) is 0. The van der Waals surface area contributed by atoms with Gasteiger partial charge in [-0.2, -0.15) is 0 Å². The normalized spacial score (nSPS) is 41.7. The molecule has 0 bridgehead atoms. The molecule has 0 aliphatic heterocycles. The topological polar surface area (TPSA) is 49.7 Å². The molecule has 1 aliphatic carbocycles. The van der Waals surface area contributed by atoms with Crippen LogP contribution in [-0.2, 0) is 4.89 Å². The molecule has 1 saturated carbocycles. The Morgan fingerprint density at radius 1 is 1.40 bits per heavy atom. The Morgan fingerprint density at radius 3 is 2.60 bits per heavy atom. The van der Waals surface area contributed by atoms with E-state index in [4.69, 9.17) is 5.26 Å². The van der Waals surface area contributed by atoms with Crippen molar-refractivity contribution in [1.82, 2.24) is 0 Å². The van der Waals surface area contributed by atoms with E-state index < -0.39 is 6.10 Å². The van der Waals surface area contributed by atoms with E-state index in [1.165, 1.54) is 0 Å². The lowest BCUT2D eigenvalue weighted by atomic mass is 9.87. The monoisotopic (exact) mass is 146 g/mol. The second kappa shape index (κ2) is 3.32. The van der Waals surface area contributed by atoms with Gasteiger partial charge in [-0.3, -0.25) is 5.26 Å². The summed E-state index contributed by atoms with van der Waals surface area (Å²) in [6.07, 6.45) is 1.70. The smallest absolute Gasteiger partial charge is 0.119 e. The van der Waals surface area contributed by atoms with Crippen molar-refractivity contribution in [3.8, 4) is 0 Å². The van der Waals surface area contributed by atoms with E-state index in [9.17, 15) is 5.11 Å². The van der Waals surface area contributed by atoms with E-state index in [0.29, 0.717) is 5.92 Å². The van der Waals surface area contributed by atoms with E-state index in [2.05, 4.69) is 11.8 Å². The van der Waals surface area contributed by atoms with Crippen LogP contribution in [-0.4, -0.2) is 22.6 Å². The van der Waals surface area contributed by atoms with E-state index >= 15 is 0 Å². The van der Waals surface area contributed by atoms with Crippen LogP contribution in [0, 0.1) is 5.92 Å². The standard InChI is InChI=1S/C7H14O3/c1-5-2-3-6(8)7(4-5)10-9/h5-9H,2-4H2,1H3. The van der Waals surface area contributed by atoms with Crippen LogP contribution in [0.5, 0.6) is 0 Å². The van der Waals surface area contributed by atoms with Gasteiger partial charge in [0.15, 0.2) is 0 Å². The van der Waals surface area contributed by atoms with Gasteiger partial charge in [-0.05, 0) is 25.2 Å². The maximum Gasteiger partial charge on any atom is 0.119 e. The summed E-state index contributed by atoms with van der Waals surface area (Å²) in [6.45, 7) is 2.10. The van der Waals surface area contributed by atoms with Gasteiger partial charge in [-0.25, -0.2) is 4.89 Å². The number of aliphatic hydroxyl groups excluding tert-OH is 1. The van der Waals surface area contributed by atoms with Gasteiger partial charge < -0.3 is 5.11 Å². The van der Waals surface area contributed by atoms with Crippen molar-refractivity contribution in [2.45, 2.75) is 38.4 Å². The lowest BCUT2D eigenvalue weighted by Gasteiger charge is -2.28. The number of hydrogen-bond donors (Lipinski definition) is 2. The van der Waals surface area contributed by atoms with Crippen LogP contribution < -0.4 is 0 Å². The molecule has 3 unspecified atom stereocenters. The molecule has 3 heteroatoms. The van der Waals surface area contributed by atoms with Crippen LogP contribution in [0.4, 0.5) is 0 Å². The number of aliphatic hydroxyl groups is 1. The third kappa shape index (κ3) is 1.68. The molecule has 0 heterocycles. The third-order valence-corrected chi connectivity index (χ3v) is 2.15. The molecular weight excluding hydrogens is 132 g/mol. The Balaban J connectivity index is 2.38. The molecular formula is C7H14O3. The molecule has 0 amide bonds. The largest absolute Gasteiger partial charge is 0.390 e. The fraction of sp³-hybridized carbons (Fsp3) is 1.00. The van der Waals surface area contributed by atoms with Gasteiger partial charge in [0.05, 0.1) is 6.10 Å². The van der Waals surface area contributed by atoms with Crippen LogP contribution in [0.2, 0.25) is 0 Å². The van der Waals surface area contributed by atoms with Crippen molar-refractivity contribution in [2.75, 3.05) is 0 Å². The van der Waals surface area contributed by atoms with Crippen molar-refractivity contribution in [1.29, 1.82) is 0 Å². The zero-order chi connectivity index (χ0) is 7.56. The first-order chi connectivity index (χ1) is 4.74. The van der Waals surface area contributed by atoms with Crippen LogP contribution in [0.3, 0.4) is 0 Å². The molecule has 10 heavy (non-hydrogen) atoms. The minimum absolute atomic E-state index is 0.358. The van der Waals surface area contributed by atoms with Gasteiger partial charge in [0.1, 0.15) is 6.10 Å². The van der Waals surface area contributed by atoms with Gasteiger partial charge in [-0.15, -0.1) is 0 Å². The third-order valence-electron chi connectivity index (χ3n) is 2.15. The van der Waals surface area contributed by atoms with Crippen LogP contribution in [0.15, 0.2) is 0 Å². The summed E-state index contributed by atoms with van der Waals surface area (Å²) in [4.78, 5) is 4.12. The van der Waals surface area contributed by atoms with Crippen molar-refractivity contribution >= 4 is 0 Å². The predicted octanol–water partition coefficient (Wildman–Crippen LogP) is 1.03. The highest BCUT2D eigenvalue weighted by Crippen LogP contribution is 2.25. The minimum Gasteiger partial charge on any atom is -0.390 e. The van der Waals surface area contributed by atoms with Gasteiger partial charge in [-0.1, -0.05) is 6.92 Å². The molecule has 3 atom stereocenters. The van der Waals surface area contributed by atoms with Crippen LogP contribution >= 0.6 is 0 Å². The zero-order valence-electron chi connectivity index (χ0n) is 6.16. The molecule has 3 nitrogen and oxygen atoms in total. The van der Waals surface area contributed by atoms with Crippen LogP contribution in [0.1, 0.15) is 26.2 Å². The highest BCUT2D eigenvalue weighted by atomic mass is 17.1. The molecule has 0 aromatic carbocycles. The first-order valence-electron chi connectivity index (χ1n) is 3.72. The molecule has 60 valence electrons. The second-order valence-corrected chi connectivity index (χ2v) is 3.13. The summed E-state index contributed by atoms with van der Waals surface area (Å²) in [7, 11) is 0. The maximum absolute atomic E-state index is 9.20. The molecule has 0 spiro atoms. The Bertz CT molecular complexity index is 105. The van der Waals surface area contributed by atoms with E-state index in [1.807, 2.05) is 0 Å². The van der Waals surface area contributed by atoms with E-state index in [-0.39, 0.29) is 6.10 Å². The Labute approximate surface area is 60.6 Å². The van der Waals surface area contributed by atoms with Gasteiger partial charge in [0.25, 0.3) is 0 Å². The summed E-state index contributed by atoms with van der Waals surface area (Å²) >= 11 is 0. The molecule has 0 saturated heterocycles. The van der Waals surface area contributed by atoms with Crippen molar-refractivity contribution < 1.29 is 15.3 Å². The predicted molar refractivity (Wildman–Crippen MR) is 36.5 cm³/mol. The average molecular weight is 146 g/mol. The maximum atomic E-state index is 9.20. The highest BCUT2D eigenvalue weighted by molar-refractivity contribution is 4.77. The summed E-state index contributed by atoms with van der Waals surface area (Å²) < 4.78 is 0. The van der Waals surface area contributed by atoms with Gasteiger partial charge in [0.2, 0.25) is 0 Å². The van der Waals surface area contributed by atoms with Crippen molar-refractivity contribution in [3.63, 3.8) is 0 Å². The highest BCUT2D eigenvalue weighted by Gasteiger charge is 2.27. The lowest BCUT2D eigenvalue weighted by molar-refractivity contribution is -0.304. The average Bonchev–Trinajstić information content (AvgIpc) is 1.94. The molecule has 1 aliphatic rings. The fourth-order valence-electron chi connectivity index (χ4n) is 1.43. The summed E-state index contributed by atoms with van der Waals surface area (Å²) in [5, 5.41) is 17.5. The minimum atomic E-state index is -0.471. The molecule has 0 aromatic rings. The molecule has 1 rings (SSSR count). The van der Waals surface area contributed by atoms with Crippen molar-refractivity contribution in [2.24, 2.45) is 5.92 Å². The SMILES string of the molecule is CC1CCC(O)C(OO)C1. The molecule has 2 N–H and O–H groups in total. The Morgan fingerprint density at radius 2 is 2.10 bits per heavy atom. The zero-order valence-corrected chi connectivity index (χ0v) is 6.16. The molecule has 0 radical (unpaired) electrons. The van der Waals surface area contributed by atoms with Crippen molar-refractivity contribution in [3.05, 3.63) is 0 Å². The first-order valence-corrected chi connectivity index (χ1v) is 3.72. The second-order valence-electron chi connectivity index (χ2n) is 3.13. The van der Waals surface area contributed by atoms with E-state index in [1.54, 1.807) is 0 Å².